The average Bonchev–Trinajstić information content (AvgIpc) is 2.98. The summed E-state index contributed by atoms with van der Waals surface area (Å²) in [7, 11) is -2.94. The minimum atomic E-state index is -4.36. The molecular formula is C16H12N2O7S. The number of aromatic amines is 1. The molecular weight excluding hydrogens is 364 g/mol. The van der Waals surface area contributed by atoms with E-state index in [1.807, 2.05) is 0 Å². The summed E-state index contributed by atoms with van der Waals surface area (Å²) in [6.07, 6.45) is 0.921. The zero-order valence-corrected chi connectivity index (χ0v) is 14.1. The monoisotopic (exact) mass is 376 g/mol. The first-order valence-corrected chi connectivity index (χ1v) is 8.67. The first-order chi connectivity index (χ1) is 12.3. The maximum atomic E-state index is 12.6. The Morgan fingerprint density at radius 1 is 1.23 bits per heavy atom. The van der Waals surface area contributed by atoms with Crippen LogP contribution in [0.2, 0.25) is 0 Å². The van der Waals surface area contributed by atoms with E-state index in [2.05, 4.69) is 4.98 Å². The van der Waals surface area contributed by atoms with Gasteiger partial charge in [0.25, 0.3) is 9.84 Å². The average molecular weight is 376 g/mol. The quantitative estimate of drug-likeness (QED) is 0.533. The molecule has 0 spiro atoms. The van der Waals surface area contributed by atoms with E-state index in [0.29, 0.717) is 11.3 Å². The van der Waals surface area contributed by atoms with Crippen molar-refractivity contribution in [3.05, 3.63) is 73.7 Å². The fraction of sp³-hybridized carbons (Fsp3) is 0.0625. The van der Waals surface area contributed by atoms with E-state index in [1.54, 1.807) is 0 Å². The molecule has 0 radical (unpaired) electrons. The Bertz CT molecular complexity index is 1170. The van der Waals surface area contributed by atoms with Gasteiger partial charge in [-0.2, -0.15) is 0 Å². The van der Waals surface area contributed by atoms with Crippen LogP contribution in [0.4, 0.5) is 0 Å². The zero-order chi connectivity index (χ0) is 18.9. The highest BCUT2D eigenvalue weighted by Crippen LogP contribution is 2.25. The Morgan fingerprint density at radius 2 is 1.92 bits per heavy atom. The standard InChI is InChI=1S/C16H12N2O7S/c1-24-11-3-5-12(6-4-11)26(22,23)15(18(20)21)9-10-2-7-14-13(8-10)17-16(19)25-14/h2-9H,1H3,(H,17,19)/b15-9+. The summed E-state index contributed by atoms with van der Waals surface area (Å²) in [4.78, 5) is 23.7. The fourth-order valence-corrected chi connectivity index (χ4v) is 3.53. The van der Waals surface area contributed by atoms with E-state index in [9.17, 15) is 23.3 Å². The Hall–Kier alpha value is -3.40. The van der Waals surface area contributed by atoms with Crippen LogP contribution >= 0.6 is 0 Å². The second-order valence-corrected chi connectivity index (χ2v) is 7.09. The van der Waals surface area contributed by atoms with E-state index >= 15 is 0 Å². The molecule has 134 valence electrons. The molecule has 1 heterocycles. The molecule has 2 aromatic carbocycles. The van der Waals surface area contributed by atoms with Crippen LogP contribution in [0.5, 0.6) is 5.75 Å². The molecule has 1 N–H and O–H groups in total. The lowest BCUT2D eigenvalue weighted by molar-refractivity contribution is -0.410. The second-order valence-electron chi connectivity index (χ2n) is 5.19. The Labute approximate surface area is 146 Å². The van der Waals surface area contributed by atoms with Crippen molar-refractivity contribution in [3.63, 3.8) is 0 Å². The number of H-pyrrole nitrogens is 1. The summed E-state index contributed by atoms with van der Waals surface area (Å²) in [5.41, 5.74) is 0.777. The molecule has 3 rings (SSSR count). The predicted molar refractivity (Wildman–Crippen MR) is 92.0 cm³/mol. The highest BCUT2D eigenvalue weighted by molar-refractivity contribution is 7.95. The van der Waals surface area contributed by atoms with Crippen LogP contribution in [0.3, 0.4) is 0 Å². The van der Waals surface area contributed by atoms with Crippen molar-refractivity contribution in [1.29, 1.82) is 0 Å². The van der Waals surface area contributed by atoms with Gasteiger partial charge in [0.1, 0.15) is 5.75 Å². The molecule has 0 aliphatic carbocycles. The SMILES string of the molecule is COc1ccc(S(=O)(=O)/C(=C/c2ccc3oc(=O)[nH]c3c2)[N+](=O)[O-])cc1. The van der Waals surface area contributed by atoms with Gasteiger partial charge in [-0.1, -0.05) is 6.07 Å². The topological polar surface area (TPSA) is 133 Å². The number of nitrogens with zero attached hydrogens (tertiary/aromatic N) is 1. The van der Waals surface area contributed by atoms with Crippen LogP contribution in [0, 0.1) is 10.1 Å². The molecule has 3 aromatic rings. The second kappa shape index (κ2) is 6.48. The van der Waals surface area contributed by atoms with Gasteiger partial charge in [-0.05, 0) is 42.0 Å². The predicted octanol–water partition coefficient (Wildman–Crippen LogP) is 2.18. The van der Waals surface area contributed by atoms with E-state index in [1.165, 1.54) is 49.6 Å². The summed E-state index contributed by atoms with van der Waals surface area (Å²) >= 11 is 0. The highest BCUT2D eigenvalue weighted by atomic mass is 32.2. The molecule has 9 nitrogen and oxygen atoms in total. The van der Waals surface area contributed by atoms with Gasteiger partial charge in [-0.25, -0.2) is 13.2 Å². The largest absolute Gasteiger partial charge is 0.497 e. The lowest BCUT2D eigenvalue weighted by atomic mass is 10.2. The number of methoxy groups -OCH3 is 1. The smallest absolute Gasteiger partial charge is 0.417 e. The molecule has 0 bridgehead atoms. The number of nitrogens with one attached hydrogen (secondary N) is 1. The molecule has 0 amide bonds. The lowest BCUT2D eigenvalue weighted by Crippen LogP contribution is -2.12. The third-order valence-electron chi connectivity index (χ3n) is 3.56. The Kier molecular flexibility index (Phi) is 4.34. The first-order valence-electron chi connectivity index (χ1n) is 7.19. The first kappa shape index (κ1) is 17.4. The van der Waals surface area contributed by atoms with Gasteiger partial charge in [-0.3, -0.25) is 15.1 Å². The number of oxazole rings is 1. The number of hydrogen-bond donors (Lipinski definition) is 1. The minimum absolute atomic E-state index is 0.221. The Balaban J connectivity index is 2.10. The number of aromatic nitrogens is 1. The van der Waals surface area contributed by atoms with E-state index < -0.39 is 25.5 Å². The van der Waals surface area contributed by atoms with Crippen molar-refractivity contribution in [3.8, 4) is 5.75 Å². The third-order valence-corrected chi connectivity index (χ3v) is 5.27. The molecule has 0 unspecified atom stereocenters. The molecule has 1 aromatic heterocycles. The van der Waals surface area contributed by atoms with Gasteiger partial charge in [0, 0.05) is 6.08 Å². The maximum absolute atomic E-state index is 12.6. The van der Waals surface area contributed by atoms with Crippen LogP contribution in [0.25, 0.3) is 17.2 Å². The molecule has 0 saturated carbocycles. The summed E-state index contributed by atoms with van der Waals surface area (Å²) in [5.74, 6) is -0.258. The number of fused-ring (bicyclic) bond motifs is 1. The summed E-state index contributed by atoms with van der Waals surface area (Å²) in [5, 5.41) is 10.4. The molecule has 0 aliphatic heterocycles. The molecule has 26 heavy (non-hydrogen) atoms. The van der Waals surface area contributed by atoms with Crippen molar-refractivity contribution >= 4 is 27.0 Å². The van der Waals surface area contributed by atoms with Crippen molar-refractivity contribution in [2.24, 2.45) is 0 Å². The molecule has 0 saturated heterocycles. The number of ether oxygens (including phenoxy) is 1. The highest BCUT2D eigenvalue weighted by Gasteiger charge is 2.31. The van der Waals surface area contributed by atoms with Crippen LogP contribution in [0.15, 0.2) is 61.6 Å². The normalized spacial score (nSPS) is 12.3. The maximum Gasteiger partial charge on any atom is 0.417 e. The summed E-state index contributed by atoms with van der Waals surface area (Å²) < 4.78 is 35.0. The van der Waals surface area contributed by atoms with Gasteiger partial charge >= 0.3 is 10.8 Å². The lowest BCUT2D eigenvalue weighted by Gasteiger charge is -2.04. The number of rotatable bonds is 5. The van der Waals surface area contributed by atoms with E-state index in [4.69, 9.17) is 9.15 Å². The third kappa shape index (κ3) is 3.22. The zero-order valence-electron chi connectivity index (χ0n) is 13.3. The number of nitro groups is 1. The number of sulfone groups is 1. The number of hydrogen-bond acceptors (Lipinski definition) is 7. The van der Waals surface area contributed by atoms with Crippen LogP contribution in [0.1, 0.15) is 5.56 Å². The van der Waals surface area contributed by atoms with Gasteiger partial charge in [0.05, 0.1) is 22.4 Å². The summed E-state index contributed by atoms with van der Waals surface area (Å²) in [6.45, 7) is 0. The molecule has 0 aliphatic rings. The van der Waals surface area contributed by atoms with Gasteiger partial charge < -0.3 is 9.15 Å². The van der Waals surface area contributed by atoms with Gasteiger partial charge in [-0.15, -0.1) is 0 Å². The summed E-state index contributed by atoms with van der Waals surface area (Å²) in [6, 6.07) is 9.44. The van der Waals surface area contributed by atoms with Crippen molar-refractivity contribution in [2.75, 3.05) is 7.11 Å². The Morgan fingerprint density at radius 3 is 2.54 bits per heavy atom. The van der Waals surface area contributed by atoms with Gasteiger partial charge in [0.2, 0.25) is 0 Å². The van der Waals surface area contributed by atoms with Crippen molar-refractivity contribution in [2.45, 2.75) is 4.90 Å². The van der Waals surface area contributed by atoms with Crippen LogP contribution in [-0.4, -0.2) is 25.4 Å². The minimum Gasteiger partial charge on any atom is -0.497 e. The fourth-order valence-electron chi connectivity index (χ4n) is 2.31. The van der Waals surface area contributed by atoms with Crippen molar-refractivity contribution in [1.82, 2.24) is 4.98 Å². The number of benzene rings is 2. The molecule has 0 atom stereocenters. The van der Waals surface area contributed by atoms with Gasteiger partial charge in [0.15, 0.2) is 5.58 Å². The molecule has 10 heteroatoms. The molecule has 0 fully saturated rings. The van der Waals surface area contributed by atoms with E-state index in [-0.39, 0.29) is 16.0 Å². The van der Waals surface area contributed by atoms with Crippen LogP contribution < -0.4 is 10.5 Å². The van der Waals surface area contributed by atoms with Crippen LogP contribution in [-0.2, 0) is 9.84 Å². The van der Waals surface area contributed by atoms with E-state index in [0.717, 1.165) is 6.08 Å². The van der Waals surface area contributed by atoms with Crippen molar-refractivity contribution < 1.29 is 22.5 Å².